The highest BCUT2D eigenvalue weighted by Gasteiger charge is 2.24. The summed E-state index contributed by atoms with van der Waals surface area (Å²) in [5, 5.41) is 16.6. The van der Waals surface area contributed by atoms with Crippen LogP contribution in [-0.4, -0.2) is 24.8 Å². The van der Waals surface area contributed by atoms with Crippen molar-refractivity contribution in [3.05, 3.63) is 29.3 Å². The molecular formula is C16H26N2O. The van der Waals surface area contributed by atoms with Crippen LogP contribution >= 0.6 is 0 Å². The van der Waals surface area contributed by atoms with Gasteiger partial charge in [-0.3, -0.25) is 0 Å². The topological polar surface area (TPSA) is 44.3 Å². The van der Waals surface area contributed by atoms with Gasteiger partial charge in [-0.25, -0.2) is 0 Å². The van der Waals surface area contributed by atoms with E-state index in [2.05, 4.69) is 42.7 Å². The number of hydrogen-bond acceptors (Lipinski definition) is 3. The normalized spacial score (nSPS) is 14.3. The zero-order chi connectivity index (χ0) is 13.7. The monoisotopic (exact) mass is 262 g/mol. The first-order valence-electron chi connectivity index (χ1n) is 7.41. The Morgan fingerprint density at radius 3 is 2.79 bits per heavy atom. The summed E-state index contributed by atoms with van der Waals surface area (Å²) in [5.74, 6) is 0. The van der Waals surface area contributed by atoms with E-state index in [1.807, 2.05) is 0 Å². The van der Waals surface area contributed by atoms with Crippen molar-refractivity contribution in [2.24, 2.45) is 5.41 Å². The van der Waals surface area contributed by atoms with E-state index < -0.39 is 0 Å². The van der Waals surface area contributed by atoms with Gasteiger partial charge in [0, 0.05) is 37.3 Å². The number of nitrogens with one attached hydrogen (secondary N) is 2. The molecule has 1 aliphatic heterocycles. The largest absolute Gasteiger partial charge is 0.396 e. The summed E-state index contributed by atoms with van der Waals surface area (Å²) in [7, 11) is 0. The summed E-state index contributed by atoms with van der Waals surface area (Å²) in [4.78, 5) is 0. The lowest BCUT2D eigenvalue weighted by molar-refractivity contribution is 0.113. The van der Waals surface area contributed by atoms with Gasteiger partial charge in [0.1, 0.15) is 0 Å². The Balaban J connectivity index is 1.95. The van der Waals surface area contributed by atoms with Crippen molar-refractivity contribution in [3.8, 4) is 0 Å². The Kier molecular flexibility index (Phi) is 4.83. The molecule has 3 heteroatoms. The molecule has 1 aromatic rings. The average molecular weight is 262 g/mol. The minimum atomic E-state index is 0.0331. The molecule has 0 fully saturated rings. The molecule has 106 valence electrons. The quantitative estimate of drug-likeness (QED) is 0.707. The molecule has 1 heterocycles. The Labute approximate surface area is 116 Å². The Morgan fingerprint density at radius 2 is 2.11 bits per heavy atom. The van der Waals surface area contributed by atoms with Gasteiger partial charge in [0.05, 0.1) is 0 Å². The van der Waals surface area contributed by atoms with Gasteiger partial charge >= 0.3 is 0 Å². The lowest BCUT2D eigenvalue weighted by Gasteiger charge is -2.29. The maximum absolute atomic E-state index is 9.58. The molecule has 3 nitrogen and oxygen atoms in total. The highest BCUT2D eigenvalue weighted by atomic mass is 16.3. The second-order valence-electron chi connectivity index (χ2n) is 5.60. The molecule has 0 radical (unpaired) electrons. The zero-order valence-electron chi connectivity index (χ0n) is 12.1. The summed E-state index contributed by atoms with van der Waals surface area (Å²) >= 11 is 0. The van der Waals surface area contributed by atoms with Crippen LogP contribution in [-0.2, 0) is 13.0 Å². The Bertz CT molecular complexity index is 405. The van der Waals surface area contributed by atoms with Gasteiger partial charge in [0.2, 0.25) is 0 Å². The second kappa shape index (κ2) is 6.40. The molecule has 0 aliphatic carbocycles. The van der Waals surface area contributed by atoms with Crippen molar-refractivity contribution < 1.29 is 5.11 Å². The van der Waals surface area contributed by atoms with Crippen molar-refractivity contribution in [2.45, 2.75) is 39.7 Å². The summed E-state index contributed by atoms with van der Waals surface area (Å²) in [6, 6.07) is 6.53. The SMILES string of the molecule is CCC(CC)(CO)CNCc1cccc2c1NCC2. The fraction of sp³-hybridized carbons (Fsp3) is 0.625. The number of fused-ring (bicyclic) bond motifs is 1. The first-order chi connectivity index (χ1) is 9.24. The van der Waals surface area contributed by atoms with E-state index in [1.54, 1.807) is 0 Å². The fourth-order valence-corrected chi connectivity index (χ4v) is 2.80. The molecule has 0 unspecified atom stereocenters. The molecule has 0 spiro atoms. The standard InChI is InChI=1S/C16H26N2O/c1-3-16(4-2,12-19)11-17-10-14-7-5-6-13-8-9-18-15(13)14/h5-7,17-19H,3-4,8-12H2,1-2H3. The highest BCUT2D eigenvalue weighted by molar-refractivity contribution is 5.61. The number of rotatable bonds is 7. The number of aliphatic hydroxyl groups excluding tert-OH is 1. The lowest BCUT2D eigenvalue weighted by atomic mass is 9.83. The maximum atomic E-state index is 9.58. The van der Waals surface area contributed by atoms with E-state index in [0.29, 0.717) is 0 Å². The summed E-state index contributed by atoms with van der Waals surface area (Å²) in [5.41, 5.74) is 4.12. The summed E-state index contributed by atoms with van der Waals surface area (Å²) in [6.45, 7) is 7.37. The van der Waals surface area contributed by atoms with E-state index in [4.69, 9.17) is 0 Å². The van der Waals surface area contributed by atoms with Gasteiger partial charge in [-0.2, -0.15) is 0 Å². The second-order valence-corrected chi connectivity index (χ2v) is 5.60. The van der Waals surface area contributed by atoms with Gasteiger partial charge in [-0.15, -0.1) is 0 Å². The van der Waals surface area contributed by atoms with Crippen LogP contribution in [0.2, 0.25) is 0 Å². The van der Waals surface area contributed by atoms with Gasteiger partial charge in [0.15, 0.2) is 0 Å². The van der Waals surface area contributed by atoms with Crippen LogP contribution < -0.4 is 10.6 Å². The van der Waals surface area contributed by atoms with E-state index in [0.717, 1.165) is 38.9 Å². The first kappa shape index (κ1) is 14.4. The average Bonchev–Trinajstić information content (AvgIpc) is 2.93. The van der Waals surface area contributed by atoms with Crippen LogP contribution in [0.4, 0.5) is 5.69 Å². The van der Waals surface area contributed by atoms with Gasteiger partial charge in [-0.05, 0) is 30.4 Å². The minimum absolute atomic E-state index is 0.0331. The van der Waals surface area contributed by atoms with Gasteiger partial charge in [0.25, 0.3) is 0 Å². The number of anilines is 1. The maximum Gasteiger partial charge on any atom is 0.0499 e. The third-order valence-electron chi connectivity index (χ3n) is 4.58. The molecule has 1 aliphatic rings. The molecular weight excluding hydrogens is 236 g/mol. The van der Waals surface area contributed by atoms with Crippen LogP contribution in [0.1, 0.15) is 37.8 Å². The van der Waals surface area contributed by atoms with Gasteiger partial charge in [-0.1, -0.05) is 32.0 Å². The van der Waals surface area contributed by atoms with Crippen LogP contribution in [0.15, 0.2) is 18.2 Å². The molecule has 0 saturated carbocycles. The highest BCUT2D eigenvalue weighted by Crippen LogP contribution is 2.27. The molecule has 0 bridgehead atoms. The minimum Gasteiger partial charge on any atom is -0.396 e. The van der Waals surface area contributed by atoms with Crippen LogP contribution in [0.3, 0.4) is 0 Å². The first-order valence-corrected chi connectivity index (χ1v) is 7.41. The van der Waals surface area contributed by atoms with Crippen molar-refractivity contribution in [3.63, 3.8) is 0 Å². The van der Waals surface area contributed by atoms with Crippen molar-refractivity contribution in [1.82, 2.24) is 5.32 Å². The molecule has 19 heavy (non-hydrogen) atoms. The third kappa shape index (κ3) is 3.10. The predicted octanol–water partition coefficient (Wildman–Crippen LogP) is 2.54. The molecule has 2 rings (SSSR count). The molecule has 0 aromatic heterocycles. The lowest BCUT2D eigenvalue weighted by Crippen LogP contribution is -2.36. The van der Waals surface area contributed by atoms with E-state index in [1.165, 1.54) is 16.8 Å². The van der Waals surface area contributed by atoms with Crippen molar-refractivity contribution in [1.29, 1.82) is 0 Å². The summed E-state index contributed by atoms with van der Waals surface area (Å²) < 4.78 is 0. The smallest absolute Gasteiger partial charge is 0.0499 e. The number of aliphatic hydroxyl groups is 1. The van der Waals surface area contributed by atoms with E-state index in [-0.39, 0.29) is 12.0 Å². The van der Waals surface area contributed by atoms with Crippen molar-refractivity contribution in [2.75, 3.05) is 25.0 Å². The summed E-state index contributed by atoms with van der Waals surface area (Å²) in [6.07, 6.45) is 3.16. The fourth-order valence-electron chi connectivity index (χ4n) is 2.80. The Hall–Kier alpha value is -1.06. The Morgan fingerprint density at radius 1 is 1.32 bits per heavy atom. The van der Waals surface area contributed by atoms with Crippen molar-refractivity contribution >= 4 is 5.69 Å². The number of benzene rings is 1. The zero-order valence-corrected chi connectivity index (χ0v) is 12.1. The number of hydrogen-bond donors (Lipinski definition) is 3. The van der Waals surface area contributed by atoms with Crippen LogP contribution in [0, 0.1) is 5.41 Å². The number of para-hydroxylation sites is 1. The van der Waals surface area contributed by atoms with Gasteiger partial charge < -0.3 is 15.7 Å². The molecule has 3 N–H and O–H groups in total. The molecule has 0 amide bonds. The predicted molar refractivity (Wildman–Crippen MR) is 80.4 cm³/mol. The van der Waals surface area contributed by atoms with E-state index >= 15 is 0 Å². The van der Waals surface area contributed by atoms with E-state index in [9.17, 15) is 5.11 Å². The van der Waals surface area contributed by atoms with Crippen LogP contribution in [0.25, 0.3) is 0 Å². The molecule has 0 atom stereocenters. The molecule has 1 aromatic carbocycles. The van der Waals surface area contributed by atoms with Crippen LogP contribution in [0.5, 0.6) is 0 Å². The molecule has 0 saturated heterocycles. The third-order valence-corrected chi connectivity index (χ3v) is 4.58.